The van der Waals surface area contributed by atoms with Crippen molar-refractivity contribution in [2.24, 2.45) is 17.8 Å². The molecule has 0 unspecified atom stereocenters. The van der Waals surface area contributed by atoms with Crippen molar-refractivity contribution in [3.63, 3.8) is 0 Å². The lowest BCUT2D eigenvalue weighted by Crippen LogP contribution is -2.50. The molecule has 3 aromatic rings. The Bertz CT molecular complexity index is 1270. The number of hydrogen-bond acceptors (Lipinski definition) is 5. The molecule has 2 fully saturated rings. The number of nitrogens with one attached hydrogen (secondary N) is 2. The van der Waals surface area contributed by atoms with Crippen LogP contribution in [0.2, 0.25) is 0 Å². The Labute approximate surface area is 217 Å². The highest BCUT2D eigenvalue weighted by Crippen LogP contribution is 2.51. The van der Waals surface area contributed by atoms with Gasteiger partial charge in [-0.3, -0.25) is 19.0 Å². The summed E-state index contributed by atoms with van der Waals surface area (Å²) in [6.07, 6.45) is 6.82. The monoisotopic (exact) mass is 532 g/mol. The van der Waals surface area contributed by atoms with Crippen LogP contribution in [0.25, 0.3) is 0 Å². The summed E-state index contributed by atoms with van der Waals surface area (Å²) in [5.41, 5.74) is 1.12. The van der Waals surface area contributed by atoms with Gasteiger partial charge in [0.1, 0.15) is 18.3 Å². The van der Waals surface area contributed by atoms with Gasteiger partial charge >= 0.3 is 6.18 Å². The molecule has 0 saturated heterocycles. The second kappa shape index (κ2) is 10.3. The van der Waals surface area contributed by atoms with Gasteiger partial charge < -0.3 is 15.2 Å². The minimum atomic E-state index is -4.37. The summed E-state index contributed by atoms with van der Waals surface area (Å²) < 4.78 is 42.6. The molecule has 204 valence electrons. The lowest BCUT2D eigenvalue weighted by atomic mass is 9.88. The number of aromatic nitrogens is 6. The topological polar surface area (TPSA) is 112 Å². The first kappa shape index (κ1) is 26.0. The Hall–Kier alpha value is -3.64. The number of nitrogens with zero attached hydrogens (tertiary/aromatic N) is 6. The second-order valence-corrected chi connectivity index (χ2v) is 10.5. The Kier molecular flexibility index (Phi) is 7.01. The highest BCUT2D eigenvalue weighted by Gasteiger charge is 2.48. The van der Waals surface area contributed by atoms with Crippen LogP contribution < -0.4 is 10.6 Å². The van der Waals surface area contributed by atoms with Gasteiger partial charge in [-0.05, 0) is 63.4 Å². The van der Waals surface area contributed by atoms with E-state index in [0.29, 0.717) is 28.9 Å². The minimum absolute atomic E-state index is 0.0148. The summed E-state index contributed by atoms with van der Waals surface area (Å²) in [7, 11) is 0. The van der Waals surface area contributed by atoms with Crippen molar-refractivity contribution < 1.29 is 22.8 Å². The number of hydrogen-bond donors (Lipinski definition) is 2. The molecule has 5 rings (SSSR count). The highest BCUT2D eigenvalue weighted by molar-refractivity contribution is 6.00. The molecule has 10 nitrogen and oxygen atoms in total. The van der Waals surface area contributed by atoms with Crippen LogP contribution in [0.15, 0.2) is 37.2 Å². The van der Waals surface area contributed by atoms with E-state index in [0.717, 1.165) is 36.6 Å². The maximum absolute atomic E-state index is 13.6. The number of carbonyl (C=O) groups excluding carboxylic acids is 2. The lowest BCUT2D eigenvalue weighted by molar-refractivity contribution is -0.141. The van der Waals surface area contributed by atoms with Gasteiger partial charge in [-0.1, -0.05) is 0 Å². The Morgan fingerprint density at radius 1 is 1.11 bits per heavy atom. The fourth-order valence-electron chi connectivity index (χ4n) is 5.06. The van der Waals surface area contributed by atoms with Crippen molar-refractivity contribution in [3.8, 4) is 0 Å². The Morgan fingerprint density at radius 3 is 2.45 bits per heavy atom. The van der Waals surface area contributed by atoms with Crippen LogP contribution in [0.1, 0.15) is 61.8 Å². The van der Waals surface area contributed by atoms with Crippen LogP contribution in [-0.4, -0.2) is 53.1 Å². The molecule has 38 heavy (non-hydrogen) atoms. The maximum atomic E-state index is 13.6. The number of anilines is 1. The number of carbonyl (C=O) groups is 2. The summed E-state index contributed by atoms with van der Waals surface area (Å²) in [6, 6.07) is 0.898. The van der Waals surface area contributed by atoms with Crippen LogP contribution in [0.3, 0.4) is 0 Å². The van der Waals surface area contributed by atoms with Crippen molar-refractivity contribution in [3.05, 3.63) is 48.6 Å². The Morgan fingerprint density at radius 2 is 1.82 bits per heavy atom. The first-order valence-corrected chi connectivity index (χ1v) is 12.8. The zero-order valence-corrected chi connectivity index (χ0v) is 21.2. The van der Waals surface area contributed by atoms with Crippen molar-refractivity contribution >= 4 is 17.5 Å². The summed E-state index contributed by atoms with van der Waals surface area (Å²) >= 11 is 0. The molecular formula is C25H31F3N8O2. The summed E-state index contributed by atoms with van der Waals surface area (Å²) in [5, 5.41) is 14.3. The molecule has 0 radical (unpaired) electrons. The number of amides is 2. The quantitative estimate of drug-likeness (QED) is 0.392. The molecule has 2 aliphatic rings. The molecule has 2 amide bonds. The molecule has 2 aliphatic carbocycles. The number of halogens is 3. The standard InChI is InChI=1S/C25H31F3N8O2/c1-15(2)36-20(7-8-30-36)23(37)33-22(21(16-3-4-16)17-5-6-17)24(38)32-18-9-31-35(11-18)12-19-10-29-14-34(19)13-25(26,27)28/h7-11,14-17,21-22H,3-6,12-13H2,1-2H3,(H,32,38)(H,33,37)/t22-/m0/s1. The predicted molar refractivity (Wildman–Crippen MR) is 131 cm³/mol. The van der Waals surface area contributed by atoms with Gasteiger partial charge in [-0.25, -0.2) is 4.98 Å². The summed E-state index contributed by atoms with van der Waals surface area (Å²) in [6.45, 7) is 2.77. The van der Waals surface area contributed by atoms with E-state index in [-0.39, 0.29) is 30.3 Å². The molecular weight excluding hydrogens is 501 g/mol. The van der Waals surface area contributed by atoms with Gasteiger partial charge in [0.25, 0.3) is 5.91 Å². The predicted octanol–water partition coefficient (Wildman–Crippen LogP) is 3.64. The van der Waals surface area contributed by atoms with Gasteiger partial charge in [-0.2, -0.15) is 23.4 Å². The normalized spacial score (nSPS) is 16.7. The van der Waals surface area contributed by atoms with Crippen molar-refractivity contribution in [2.45, 2.75) is 70.9 Å². The first-order valence-electron chi connectivity index (χ1n) is 12.8. The largest absolute Gasteiger partial charge is 0.406 e. The van der Waals surface area contributed by atoms with Gasteiger partial charge in [0.2, 0.25) is 5.91 Å². The summed E-state index contributed by atoms with van der Waals surface area (Å²) in [4.78, 5) is 30.6. The zero-order valence-electron chi connectivity index (χ0n) is 21.2. The van der Waals surface area contributed by atoms with Gasteiger partial charge in [0.15, 0.2) is 0 Å². The third-order valence-corrected chi connectivity index (χ3v) is 7.05. The molecule has 0 aliphatic heterocycles. The van der Waals surface area contributed by atoms with E-state index in [1.54, 1.807) is 23.1 Å². The van der Waals surface area contributed by atoms with Crippen molar-refractivity contribution in [2.75, 3.05) is 5.32 Å². The maximum Gasteiger partial charge on any atom is 0.406 e. The van der Waals surface area contributed by atoms with Crippen molar-refractivity contribution in [1.29, 1.82) is 0 Å². The molecule has 1 atom stereocenters. The Balaban J connectivity index is 1.30. The average molecular weight is 533 g/mol. The van der Waals surface area contributed by atoms with E-state index in [4.69, 9.17) is 0 Å². The summed E-state index contributed by atoms with van der Waals surface area (Å²) in [5.74, 6) is 0.146. The highest BCUT2D eigenvalue weighted by atomic mass is 19.4. The molecule has 2 saturated carbocycles. The molecule has 2 N–H and O–H groups in total. The van der Waals surface area contributed by atoms with Crippen LogP contribution in [0.4, 0.5) is 18.9 Å². The third kappa shape index (κ3) is 6.08. The van der Waals surface area contributed by atoms with Crippen LogP contribution in [0, 0.1) is 17.8 Å². The molecule has 13 heteroatoms. The molecule has 0 aromatic carbocycles. The van der Waals surface area contributed by atoms with Crippen molar-refractivity contribution in [1.82, 2.24) is 34.4 Å². The number of imidazole rings is 1. The lowest BCUT2D eigenvalue weighted by Gasteiger charge is -2.27. The smallest absolute Gasteiger partial charge is 0.339 e. The fourth-order valence-corrected chi connectivity index (χ4v) is 5.06. The number of alkyl halides is 3. The van der Waals surface area contributed by atoms with E-state index in [2.05, 4.69) is 25.8 Å². The SMILES string of the molecule is CC(C)n1nccc1C(=O)N[C@H](C(=O)Nc1cnn(Cc2cncn2CC(F)(F)F)c1)C(C1CC1)C1CC1. The first-order chi connectivity index (χ1) is 18.1. The minimum Gasteiger partial charge on any atom is -0.339 e. The molecule has 3 heterocycles. The van der Waals surface area contributed by atoms with E-state index in [1.165, 1.54) is 17.1 Å². The molecule has 3 aromatic heterocycles. The average Bonchev–Trinajstić information content (AvgIpc) is 3.71. The van der Waals surface area contributed by atoms with Crippen LogP contribution in [-0.2, 0) is 17.9 Å². The number of rotatable bonds is 11. The molecule has 0 bridgehead atoms. The fraction of sp³-hybridized carbons (Fsp3) is 0.560. The van der Waals surface area contributed by atoms with Gasteiger partial charge in [0, 0.05) is 18.4 Å². The molecule has 0 spiro atoms. The second-order valence-electron chi connectivity index (χ2n) is 10.5. The van der Waals surface area contributed by atoms with E-state index in [9.17, 15) is 22.8 Å². The third-order valence-electron chi connectivity index (χ3n) is 7.05. The van der Waals surface area contributed by atoms with Gasteiger partial charge in [-0.15, -0.1) is 0 Å². The van der Waals surface area contributed by atoms with E-state index >= 15 is 0 Å². The zero-order chi connectivity index (χ0) is 27.0. The van der Waals surface area contributed by atoms with Crippen LogP contribution in [0.5, 0.6) is 0 Å². The van der Waals surface area contributed by atoms with E-state index < -0.39 is 18.8 Å². The van der Waals surface area contributed by atoms with Gasteiger partial charge in [0.05, 0.1) is 36.6 Å². The van der Waals surface area contributed by atoms with E-state index in [1.807, 2.05) is 13.8 Å². The van der Waals surface area contributed by atoms with Crippen LogP contribution >= 0.6 is 0 Å².